The second kappa shape index (κ2) is 4.17. The van der Waals surface area contributed by atoms with Crippen molar-refractivity contribution in [1.82, 2.24) is 0 Å². The fourth-order valence-electron chi connectivity index (χ4n) is 1.91. The monoisotopic (exact) mass is 242 g/mol. The van der Waals surface area contributed by atoms with Crippen LogP contribution in [0, 0.1) is 0 Å². The van der Waals surface area contributed by atoms with Gasteiger partial charge >= 0.3 is 13.3 Å². The van der Waals surface area contributed by atoms with Crippen molar-refractivity contribution >= 4 is 13.3 Å². The highest BCUT2D eigenvalue weighted by Gasteiger charge is 2.50. The molecular formula is C11H19BO5. The lowest BCUT2D eigenvalue weighted by molar-refractivity contribution is 0.00578. The first-order chi connectivity index (χ1) is 7.80. The third-order valence-electron chi connectivity index (χ3n) is 3.68. The molecule has 0 aromatic rings. The molecule has 17 heavy (non-hydrogen) atoms. The molecule has 5 nitrogen and oxygen atoms in total. The van der Waals surface area contributed by atoms with E-state index < -0.39 is 6.16 Å². The van der Waals surface area contributed by atoms with Crippen molar-refractivity contribution in [2.45, 2.75) is 57.7 Å². The van der Waals surface area contributed by atoms with Gasteiger partial charge in [-0.15, -0.1) is 0 Å². The fraction of sp³-hybridized carbons (Fsp3) is 0.909. The third kappa shape index (κ3) is 2.58. The predicted octanol–water partition coefficient (Wildman–Crippen LogP) is 2.00. The number of hydrogen-bond acceptors (Lipinski definition) is 5. The van der Waals surface area contributed by atoms with Crippen LogP contribution in [0.4, 0.5) is 4.79 Å². The summed E-state index contributed by atoms with van der Waals surface area (Å²) in [4.78, 5) is 10.7. The Morgan fingerprint density at radius 3 is 2.29 bits per heavy atom. The van der Waals surface area contributed by atoms with Crippen molar-refractivity contribution in [2.24, 2.45) is 0 Å². The zero-order valence-corrected chi connectivity index (χ0v) is 10.8. The Kier molecular flexibility index (Phi) is 3.12. The normalized spacial score (nSPS) is 30.2. The van der Waals surface area contributed by atoms with E-state index >= 15 is 0 Å². The Morgan fingerprint density at radius 2 is 1.82 bits per heavy atom. The van der Waals surface area contributed by atoms with E-state index in [1.807, 2.05) is 27.7 Å². The summed E-state index contributed by atoms with van der Waals surface area (Å²) in [5.41, 5.74) is -0.610. The molecule has 1 atom stereocenters. The molecule has 6 heteroatoms. The SMILES string of the molecule is CC1(C)OB(CC[C@@H]2COC(=O)O2)OC1(C)C. The first kappa shape index (κ1) is 12.7. The van der Waals surface area contributed by atoms with E-state index in [2.05, 4.69) is 0 Å². The molecule has 2 aliphatic heterocycles. The van der Waals surface area contributed by atoms with Gasteiger partial charge in [-0.2, -0.15) is 0 Å². The third-order valence-corrected chi connectivity index (χ3v) is 3.68. The molecule has 96 valence electrons. The largest absolute Gasteiger partial charge is 0.508 e. The molecule has 0 aliphatic carbocycles. The zero-order chi connectivity index (χ0) is 12.7. The van der Waals surface area contributed by atoms with Gasteiger partial charge in [0.05, 0.1) is 11.2 Å². The first-order valence-corrected chi connectivity index (χ1v) is 5.99. The van der Waals surface area contributed by atoms with Gasteiger partial charge < -0.3 is 18.8 Å². The number of hydrogen-bond donors (Lipinski definition) is 0. The molecule has 0 unspecified atom stereocenters. The van der Waals surface area contributed by atoms with E-state index in [-0.39, 0.29) is 24.4 Å². The van der Waals surface area contributed by atoms with Crippen LogP contribution in [0.2, 0.25) is 6.32 Å². The molecule has 0 aromatic carbocycles. The van der Waals surface area contributed by atoms with Crippen molar-refractivity contribution in [3.8, 4) is 0 Å². The van der Waals surface area contributed by atoms with Crippen LogP contribution in [-0.4, -0.2) is 37.2 Å². The van der Waals surface area contributed by atoms with E-state index in [4.69, 9.17) is 18.8 Å². The molecule has 2 saturated heterocycles. The van der Waals surface area contributed by atoms with Crippen molar-refractivity contribution in [3.63, 3.8) is 0 Å². The maximum Gasteiger partial charge on any atom is 0.508 e. The van der Waals surface area contributed by atoms with Gasteiger partial charge in [0.25, 0.3) is 0 Å². The minimum atomic E-state index is -0.580. The predicted molar refractivity (Wildman–Crippen MR) is 61.7 cm³/mol. The highest BCUT2D eigenvalue weighted by atomic mass is 16.8. The summed E-state index contributed by atoms with van der Waals surface area (Å²) in [6.07, 6.45) is 0.655. The van der Waals surface area contributed by atoms with E-state index in [1.54, 1.807) is 0 Å². The van der Waals surface area contributed by atoms with Gasteiger partial charge in [-0.25, -0.2) is 4.79 Å². The lowest BCUT2D eigenvalue weighted by Gasteiger charge is -2.32. The van der Waals surface area contributed by atoms with Crippen molar-refractivity contribution < 1.29 is 23.6 Å². The van der Waals surface area contributed by atoms with E-state index in [0.717, 1.165) is 0 Å². The smallest absolute Gasteiger partial charge is 0.430 e. The molecule has 2 rings (SSSR count). The van der Waals surface area contributed by atoms with Crippen LogP contribution in [0.5, 0.6) is 0 Å². The molecule has 0 radical (unpaired) electrons. The maximum absolute atomic E-state index is 10.7. The lowest BCUT2D eigenvalue weighted by Crippen LogP contribution is -2.41. The number of carbonyl (C=O) groups is 1. The highest BCUT2D eigenvalue weighted by molar-refractivity contribution is 6.45. The Morgan fingerprint density at radius 1 is 1.24 bits per heavy atom. The molecule has 2 heterocycles. The summed E-state index contributed by atoms with van der Waals surface area (Å²) in [5.74, 6) is 0. The summed E-state index contributed by atoms with van der Waals surface area (Å²) >= 11 is 0. The van der Waals surface area contributed by atoms with Crippen molar-refractivity contribution in [3.05, 3.63) is 0 Å². The maximum atomic E-state index is 10.7. The molecule has 2 fully saturated rings. The topological polar surface area (TPSA) is 54.0 Å². The van der Waals surface area contributed by atoms with Crippen LogP contribution >= 0.6 is 0 Å². The van der Waals surface area contributed by atoms with Crippen molar-refractivity contribution in [2.75, 3.05) is 6.61 Å². The van der Waals surface area contributed by atoms with Gasteiger partial charge in [0.2, 0.25) is 0 Å². The molecule has 0 spiro atoms. The van der Waals surface area contributed by atoms with Crippen LogP contribution in [-0.2, 0) is 18.8 Å². The number of carbonyl (C=O) groups excluding carboxylic acids is 1. The highest BCUT2D eigenvalue weighted by Crippen LogP contribution is 2.38. The summed E-state index contributed by atoms with van der Waals surface area (Å²) < 4.78 is 21.4. The molecule has 0 N–H and O–H groups in total. The van der Waals surface area contributed by atoms with Crippen LogP contribution in [0.3, 0.4) is 0 Å². The second-order valence-corrected chi connectivity index (χ2v) is 5.56. The van der Waals surface area contributed by atoms with Crippen LogP contribution < -0.4 is 0 Å². The number of cyclic esters (lactones) is 2. The summed E-state index contributed by atoms with van der Waals surface area (Å²) in [7, 11) is -0.237. The molecular weight excluding hydrogens is 223 g/mol. The van der Waals surface area contributed by atoms with Gasteiger partial charge in [0.1, 0.15) is 12.7 Å². The standard InChI is InChI=1S/C11H19BO5/c1-10(2)11(3,4)17-12(16-10)6-5-8-7-14-9(13)15-8/h8H,5-7H2,1-4H3/t8-/m1/s1. The molecule has 0 bridgehead atoms. The van der Waals surface area contributed by atoms with Crippen LogP contribution in [0.1, 0.15) is 34.1 Å². The minimum absolute atomic E-state index is 0.165. The number of rotatable bonds is 3. The first-order valence-electron chi connectivity index (χ1n) is 5.99. The van der Waals surface area contributed by atoms with E-state index in [1.165, 1.54) is 0 Å². The van der Waals surface area contributed by atoms with Gasteiger partial charge in [-0.1, -0.05) is 0 Å². The van der Waals surface area contributed by atoms with E-state index in [9.17, 15) is 4.79 Å². The second-order valence-electron chi connectivity index (χ2n) is 5.56. The van der Waals surface area contributed by atoms with Gasteiger partial charge in [-0.05, 0) is 40.4 Å². The van der Waals surface area contributed by atoms with Crippen LogP contribution in [0.15, 0.2) is 0 Å². The van der Waals surface area contributed by atoms with Gasteiger partial charge in [0, 0.05) is 0 Å². The molecule has 0 aromatic heterocycles. The summed E-state index contributed by atoms with van der Waals surface area (Å²) in [6, 6.07) is 0. The Bertz CT molecular complexity index is 299. The fourth-order valence-corrected chi connectivity index (χ4v) is 1.91. The minimum Gasteiger partial charge on any atom is -0.430 e. The summed E-state index contributed by atoms with van der Waals surface area (Å²) in [6.45, 7) is 8.41. The average molecular weight is 242 g/mol. The molecule has 2 aliphatic rings. The molecule has 0 saturated carbocycles. The lowest BCUT2D eigenvalue weighted by atomic mass is 9.82. The zero-order valence-electron chi connectivity index (χ0n) is 10.8. The van der Waals surface area contributed by atoms with Crippen molar-refractivity contribution in [1.29, 1.82) is 0 Å². The summed E-state index contributed by atoms with van der Waals surface area (Å²) in [5, 5.41) is 0. The molecule has 0 amide bonds. The quantitative estimate of drug-likeness (QED) is 0.559. The number of ether oxygens (including phenoxy) is 2. The Balaban J connectivity index is 1.80. The van der Waals surface area contributed by atoms with Gasteiger partial charge in [0.15, 0.2) is 0 Å². The Hall–Kier alpha value is -0.745. The van der Waals surface area contributed by atoms with E-state index in [0.29, 0.717) is 19.3 Å². The van der Waals surface area contributed by atoms with Gasteiger partial charge in [-0.3, -0.25) is 0 Å². The average Bonchev–Trinajstić information content (AvgIpc) is 2.67. The van der Waals surface area contributed by atoms with Crippen LogP contribution in [0.25, 0.3) is 0 Å². The Labute approximate surface area is 102 Å².